The minimum atomic E-state index is -0.297. The Bertz CT molecular complexity index is 1070. The number of methoxy groups -OCH3 is 2. The summed E-state index contributed by atoms with van der Waals surface area (Å²) in [7, 11) is 3.19. The Labute approximate surface area is 185 Å². The summed E-state index contributed by atoms with van der Waals surface area (Å²) in [5.74, 6) is 1.36. The van der Waals surface area contributed by atoms with E-state index in [1.54, 1.807) is 30.6 Å². The first-order chi connectivity index (χ1) is 14.6. The van der Waals surface area contributed by atoms with Gasteiger partial charge in [-0.05, 0) is 35.2 Å². The van der Waals surface area contributed by atoms with Crippen molar-refractivity contribution in [3.8, 4) is 11.5 Å². The molecule has 0 bridgehead atoms. The number of nitrogens with one attached hydrogen (secondary N) is 1. The molecule has 0 aliphatic carbocycles. The van der Waals surface area contributed by atoms with E-state index in [0.717, 1.165) is 16.1 Å². The molecule has 0 saturated heterocycles. The van der Waals surface area contributed by atoms with Crippen LogP contribution in [0, 0.1) is 0 Å². The maximum absolute atomic E-state index is 13.1. The lowest BCUT2D eigenvalue weighted by Crippen LogP contribution is -2.40. The van der Waals surface area contributed by atoms with Crippen molar-refractivity contribution in [3.63, 3.8) is 0 Å². The number of nitrogens with two attached hydrogens (primary N) is 1. The average Bonchev–Trinajstić information content (AvgIpc) is 3.51. The number of carbonyl (C=O) groups is 1. The second kappa shape index (κ2) is 8.94. The number of carbonyl (C=O) groups excluding carboxylic acids is 1. The van der Waals surface area contributed by atoms with Gasteiger partial charge in [0.2, 0.25) is 5.13 Å². The SMILES string of the molecule is COc1ccc([C@H]2C=C(c3cccs3)NN2C(=O)CSc2nnc(N)s2)cc1OC. The fourth-order valence-corrected chi connectivity index (χ4v) is 5.21. The van der Waals surface area contributed by atoms with E-state index in [2.05, 4.69) is 15.6 Å². The molecule has 11 heteroatoms. The standard InChI is InChI=1S/C19H19N5O3S3/c1-26-14-6-5-11(8-15(14)27-2)13-9-12(16-4-3-7-28-16)23-24(13)17(25)10-29-19-22-21-18(20)30-19/h3-9,13,23H,10H2,1-2H3,(H2,20,21)/t13-/m1/s1. The first kappa shape index (κ1) is 20.5. The zero-order valence-electron chi connectivity index (χ0n) is 16.2. The Morgan fingerprint density at radius 2 is 2.10 bits per heavy atom. The maximum atomic E-state index is 13.1. The van der Waals surface area contributed by atoms with Crippen molar-refractivity contribution >= 4 is 51.2 Å². The molecule has 0 fully saturated rings. The van der Waals surface area contributed by atoms with Gasteiger partial charge < -0.3 is 15.2 Å². The molecule has 0 radical (unpaired) electrons. The topological polar surface area (TPSA) is 103 Å². The number of benzene rings is 1. The summed E-state index contributed by atoms with van der Waals surface area (Å²) in [4.78, 5) is 14.1. The third-order valence-corrected chi connectivity index (χ3v) is 7.16. The minimum absolute atomic E-state index is 0.0867. The molecule has 3 heterocycles. The van der Waals surface area contributed by atoms with Crippen molar-refractivity contribution in [2.75, 3.05) is 25.7 Å². The Hall–Kier alpha value is -2.76. The van der Waals surface area contributed by atoms with Crippen molar-refractivity contribution in [3.05, 3.63) is 52.2 Å². The molecule has 1 atom stereocenters. The number of nitrogens with zero attached hydrogens (tertiary/aromatic N) is 3. The lowest BCUT2D eigenvalue weighted by atomic mass is 10.1. The van der Waals surface area contributed by atoms with Crippen LogP contribution in [-0.4, -0.2) is 41.1 Å². The molecule has 156 valence electrons. The Kier molecular flexibility index (Phi) is 6.11. The monoisotopic (exact) mass is 461 g/mol. The van der Waals surface area contributed by atoms with E-state index in [0.29, 0.717) is 21.0 Å². The van der Waals surface area contributed by atoms with Crippen LogP contribution in [0.15, 0.2) is 46.1 Å². The van der Waals surface area contributed by atoms with Crippen LogP contribution in [0.5, 0.6) is 11.5 Å². The molecule has 1 aromatic carbocycles. The zero-order chi connectivity index (χ0) is 21.1. The summed E-state index contributed by atoms with van der Waals surface area (Å²) >= 11 is 4.19. The third-order valence-electron chi connectivity index (χ3n) is 4.39. The molecule has 0 spiro atoms. The molecule has 8 nitrogen and oxygen atoms in total. The lowest BCUT2D eigenvalue weighted by Gasteiger charge is -2.25. The van der Waals surface area contributed by atoms with Crippen molar-refractivity contribution < 1.29 is 14.3 Å². The predicted octanol–water partition coefficient (Wildman–Crippen LogP) is 3.42. The summed E-state index contributed by atoms with van der Waals surface area (Å²) in [6.07, 6.45) is 2.04. The van der Waals surface area contributed by atoms with Gasteiger partial charge in [-0.2, -0.15) is 0 Å². The smallest absolute Gasteiger partial charge is 0.252 e. The number of amides is 1. The summed E-state index contributed by atoms with van der Waals surface area (Å²) in [5.41, 5.74) is 10.7. The Morgan fingerprint density at radius 1 is 1.27 bits per heavy atom. The number of rotatable bonds is 7. The van der Waals surface area contributed by atoms with Crippen LogP contribution in [0.1, 0.15) is 16.5 Å². The summed E-state index contributed by atoms with van der Waals surface area (Å²) < 4.78 is 11.4. The zero-order valence-corrected chi connectivity index (χ0v) is 18.6. The highest BCUT2D eigenvalue weighted by Crippen LogP contribution is 2.37. The number of hydrazine groups is 1. The average molecular weight is 462 g/mol. The summed E-state index contributed by atoms with van der Waals surface area (Å²) in [5, 5.41) is 11.8. The van der Waals surface area contributed by atoms with Gasteiger partial charge in [0.25, 0.3) is 5.91 Å². The van der Waals surface area contributed by atoms with E-state index in [1.165, 1.54) is 23.1 Å². The highest BCUT2D eigenvalue weighted by molar-refractivity contribution is 8.01. The summed E-state index contributed by atoms with van der Waals surface area (Å²) in [6, 6.07) is 9.36. The molecule has 0 unspecified atom stereocenters. The Balaban J connectivity index is 1.60. The highest BCUT2D eigenvalue weighted by atomic mass is 32.2. The third kappa shape index (κ3) is 4.23. The molecule has 2 aromatic heterocycles. The first-order valence-electron chi connectivity index (χ1n) is 8.87. The van der Waals surface area contributed by atoms with E-state index in [4.69, 9.17) is 15.2 Å². The van der Waals surface area contributed by atoms with Crippen LogP contribution in [-0.2, 0) is 4.79 Å². The fraction of sp³-hybridized carbons (Fsp3) is 0.211. The molecule has 3 aromatic rings. The second-order valence-electron chi connectivity index (χ2n) is 6.19. The number of nitrogen functional groups attached to an aromatic ring is 1. The van der Waals surface area contributed by atoms with Crippen molar-refractivity contribution in [2.45, 2.75) is 10.4 Å². The number of anilines is 1. The van der Waals surface area contributed by atoms with E-state index in [-0.39, 0.29) is 17.7 Å². The molecule has 4 rings (SSSR count). The summed E-state index contributed by atoms with van der Waals surface area (Å²) in [6.45, 7) is 0. The van der Waals surface area contributed by atoms with Gasteiger partial charge in [-0.15, -0.1) is 21.5 Å². The fourth-order valence-electron chi connectivity index (χ4n) is 3.01. The van der Waals surface area contributed by atoms with E-state index < -0.39 is 0 Å². The second-order valence-corrected chi connectivity index (χ2v) is 9.37. The molecule has 0 saturated carbocycles. The number of aromatic nitrogens is 2. The van der Waals surface area contributed by atoms with Crippen molar-refractivity contribution in [2.24, 2.45) is 0 Å². The molecular weight excluding hydrogens is 442 g/mol. The van der Waals surface area contributed by atoms with Crippen LogP contribution < -0.4 is 20.6 Å². The van der Waals surface area contributed by atoms with E-state index in [9.17, 15) is 4.79 Å². The molecule has 3 N–H and O–H groups in total. The van der Waals surface area contributed by atoms with Crippen LogP contribution >= 0.6 is 34.4 Å². The quantitative estimate of drug-likeness (QED) is 0.516. The van der Waals surface area contributed by atoms with Gasteiger partial charge in [-0.25, -0.2) is 5.01 Å². The number of hydrogen-bond acceptors (Lipinski definition) is 10. The van der Waals surface area contributed by atoms with E-state index >= 15 is 0 Å². The molecule has 1 aliphatic rings. The van der Waals surface area contributed by atoms with Gasteiger partial charge in [-0.1, -0.05) is 35.2 Å². The van der Waals surface area contributed by atoms with Gasteiger partial charge >= 0.3 is 0 Å². The van der Waals surface area contributed by atoms with Crippen LogP contribution in [0.4, 0.5) is 5.13 Å². The van der Waals surface area contributed by atoms with Gasteiger partial charge in [0.1, 0.15) is 0 Å². The van der Waals surface area contributed by atoms with Crippen molar-refractivity contribution in [1.29, 1.82) is 0 Å². The molecular formula is C19H19N5O3S3. The highest BCUT2D eigenvalue weighted by Gasteiger charge is 2.31. The van der Waals surface area contributed by atoms with Gasteiger partial charge in [0.15, 0.2) is 15.8 Å². The molecule has 30 heavy (non-hydrogen) atoms. The van der Waals surface area contributed by atoms with Crippen LogP contribution in [0.3, 0.4) is 0 Å². The minimum Gasteiger partial charge on any atom is -0.493 e. The largest absolute Gasteiger partial charge is 0.493 e. The maximum Gasteiger partial charge on any atom is 0.252 e. The number of thiophene rings is 1. The van der Waals surface area contributed by atoms with Crippen LogP contribution in [0.25, 0.3) is 5.70 Å². The van der Waals surface area contributed by atoms with Gasteiger partial charge in [-0.3, -0.25) is 10.2 Å². The van der Waals surface area contributed by atoms with Gasteiger partial charge in [0.05, 0.1) is 36.6 Å². The predicted molar refractivity (Wildman–Crippen MR) is 120 cm³/mol. The first-order valence-corrected chi connectivity index (χ1v) is 11.6. The number of ether oxygens (including phenoxy) is 2. The lowest BCUT2D eigenvalue weighted by molar-refractivity contribution is -0.131. The van der Waals surface area contributed by atoms with Crippen molar-refractivity contribution in [1.82, 2.24) is 20.6 Å². The van der Waals surface area contributed by atoms with Crippen LogP contribution in [0.2, 0.25) is 0 Å². The van der Waals surface area contributed by atoms with E-state index in [1.807, 2.05) is 41.8 Å². The molecule has 1 aliphatic heterocycles. The molecule has 1 amide bonds. The Morgan fingerprint density at radius 3 is 2.77 bits per heavy atom. The normalized spacial score (nSPS) is 15.6. The number of hydrogen-bond donors (Lipinski definition) is 2. The number of thioether (sulfide) groups is 1. The van der Waals surface area contributed by atoms with Gasteiger partial charge in [0, 0.05) is 0 Å².